The third-order valence-corrected chi connectivity index (χ3v) is 3.90. The summed E-state index contributed by atoms with van der Waals surface area (Å²) >= 11 is 0. The van der Waals surface area contributed by atoms with E-state index in [1.54, 1.807) is 12.1 Å². The smallest absolute Gasteiger partial charge is 0.123 e. The Balaban J connectivity index is 2.23. The van der Waals surface area contributed by atoms with E-state index in [1.165, 1.54) is 18.5 Å². The van der Waals surface area contributed by atoms with Crippen molar-refractivity contribution in [2.75, 3.05) is 11.4 Å². The van der Waals surface area contributed by atoms with E-state index >= 15 is 0 Å². The zero-order valence-corrected chi connectivity index (χ0v) is 12.2. The van der Waals surface area contributed by atoms with Gasteiger partial charge in [-0.2, -0.15) is 0 Å². The van der Waals surface area contributed by atoms with Crippen LogP contribution in [0.25, 0.3) is 0 Å². The van der Waals surface area contributed by atoms with Gasteiger partial charge in [0.1, 0.15) is 5.82 Å². The summed E-state index contributed by atoms with van der Waals surface area (Å²) < 4.78 is 13.5. The van der Waals surface area contributed by atoms with Crippen LogP contribution in [-0.4, -0.2) is 18.6 Å². The Morgan fingerprint density at radius 2 is 2.21 bits per heavy atom. The second kappa shape index (κ2) is 6.38. The topological polar surface area (TPSA) is 15.3 Å². The SMILES string of the molecule is CCC1CCCN1c1ccc(F)cc1CNC(C)C. The normalized spacial score (nSPS) is 19.4. The summed E-state index contributed by atoms with van der Waals surface area (Å²) in [6, 6.07) is 6.23. The fourth-order valence-corrected chi connectivity index (χ4v) is 2.87. The van der Waals surface area contributed by atoms with Crippen LogP contribution in [0.2, 0.25) is 0 Å². The number of rotatable bonds is 5. The van der Waals surface area contributed by atoms with Gasteiger partial charge in [-0.1, -0.05) is 20.8 Å². The highest BCUT2D eigenvalue weighted by molar-refractivity contribution is 5.55. The monoisotopic (exact) mass is 264 g/mol. The number of anilines is 1. The molecule has 1 fully saturated rings. The number of hydrogen-bond donors (Lipinski definition) is 1. The third kappa shape index (κ3) is 3.47. The second-order valence-corrected chi connectivity index (χ2v) is 5.71. The summed E-state index contributed by atoms with van der Waals surface area (Å²) in [5, 5.41) is 3.39. The van der Waals surface area contributed by atoms with Crippen molar-refractivity contribution in [3.05, 3.63) is 29.6 Å². The molecule has 2 nitrogen and oxygen atoms in total. The Bertz CT molecular complexity index is 417. The first kappa shape index (κ1) is 14.3. The molecule has 0 saturated carbocycles. The van der Waals surface area contributed by atoms with E-state index in [2.05, 4.69) is 31.0 Å². The molecule has 0 radical (unpaired) electrons. The predicted octanol–water partition coefficient (Wildman–Crippen LogP) is 3.70. The zero-order chi connectivity index (χ0) is 13.8. The first-order chi connectivity index (χ1) is 9.11. The molecule has 1 aliphatic rings. The molecular weight excluding hydrogens is 239 g/mol. The van der Waals surface area contributed by atoms with Crippen LogP contribution in [0, 0.1) is 5.82 Å². The van der Waals surface area contributed by atoms with Gasteiger partial charge < -0.3 is 10.2 Å². The van der Waals surface area contributed by atoms with Crippen LogP contribution in [0.4, 0.5) is 10.1 Å². The van der Waals surface area contributed by atoms with Crippen molar-refractivity contribution in [2.45, 2.75) is 58.7 Å². The van der Waals surface area contributed by atoms with Gasteiger partial charge in [0.15, 0.2) is 0 Å². The van der Waals surface area contributed by atoms with Gasteiger partial charge in [-0.25, -0.2) is 4.39 Å². The predicted molar refractivity (Wildman–Crippen MR) is 79.0 cm³/mol. The van der Waals surface area contributed by atoms with Gasteiger partial charge in [0.05, 0.1) is 0 Å². The molecule has 106 valence electrons. The largest absolute Gasteiger partial charge is 0.368 e. The van der Waals surface area contributed by atoms with Gasteiger partial charge in [0.2, 0.25) is 0 Å². The van der Waals surface area contributed by atoms with Crippen molar-refractivity contribution in [1.29, 1.82) is 0 Å². The van der Waals surface area contributed by atoms with Crippen molar-refractivity contribution in [3.63, 3.8) is 0 Å². The quantitative estimate of drug-likeness (QED) is 0.872. The Morgan fingerprint density at radius 3 is 2.89 bits per heavy atom. The maximum absolute atomic E-state index is 13.5. The van der Waals surface area contributed by atoms with E-state index in [0.29, 0.717) is 12.1 Å². The fourth-order valence-electron chi connectivity index (χ4n) is 2.87. The summed E-state index contributed by atoms with van der Waals surface area (Å²) in [6.07, 6.45) is 3.66. The van der Waals surface area contributed by atoms with E-state index < -0.39 is 0 Å². The summed E-state index contributed by atoms with van der Waals surface area (Å²) in [7, 11) is 0. The minimum absolute atomic E-state index is 0.142. The van der Waals surface area contributed by atoms with Gasteiger partial charge >= 0.3 is 0 Å². The Kier molecular flexibility index (Phi) is 4.81. The highest BCUT2D eigenvalue weighted by Crippen LogP contribution is 2.30. The Morgan fingerprint density at radius 1 is 1.42 bits per heavy atom. The van der Waals surface area contributed by atoms with Gasteiger partial charge in [0.25, 0.3) is 0 Å². The van der Waals surface area contributed by atoms with Crippen LogP contribution < -0.4 is 10.2 Å². The molecule has 1 unspecified atom stereocenters. The van der Waals surface area contributed by atoms with E-state index in [1.807, 2.05) is 6.07 Å². The number of hydrogen-bond acceptors (Lipinski definition) is 2. The molecule has 1 atom stereocenters. The molecule has 0 bridgehead atoms. The van der Waals surface area contributed by atoms with Crippen molar-refractivity contribution in [1.82, 2.24) is 5.32 Å². The first-order valence-electron chi connectivity index (χ1n) is 7.40. The highest BCUT2D eigenvalue weighted by atomic mass is 19.1. The lowest BCUT2D eigenvalue weighted by atomic mass is 10.1. The summed E-state index contributed by atoms with van der Waals surface area (Å²) in [5.74, 6) is -0.142. The minimum atomic E-state index is -0.142. The molecule has 0 spiro atoms. The number of halogens is 1. The lowest BCUT2D eigenvalue weighted by Crippen LogP contribution is -2.31. The average Bonchev–Trinajstić information content (AvgIpc) is 2.84. The number of nitrogens with zero attached hydrogens (tertiary/aromatic N) is 1. The van der Waals surface area contributed by atoms with Gasteiger partial charge in [-0.15, -0.1) is 0 Å². The molecule has 0 amide bonds. The van der Waals surface area contributed by atoms with Crippen LogP contribution in [-0.2, 0) is 6.54 Å². The average molecular weight is 264 g/mol. The van der Waals surface area contributed by atoms with Gasteiger partial charge in [-0.05, 0) is 43.0 Å². The lowest BCUT2D eigenvalue weighted by Gasteiger charge is -2.28. The molecule has 1 aromatic carbocycles. The fraction of sp³-hybridized carbons (Fsp3) is 0.625. The third-order valence-electron chi connectivity index (χ3n) is 3.90. The van der Waals surface area contributed by atoms with E-state index in [9.17, 15) is 4.39 Å². The Labute approximate surface area is 116 Å². The number of benzene rings is 1. The maximum Gasteiger partial charge on any atom is 0.123 e. The van der Waals surface area contributed by atoms with E-state index in [-0.39, 0.29) is 5.82 Å². The first-order valence-corrected chi connectivity index (χ1v) is 7.40. The molecule has 1 saturated heterocycles. The minimum Gasteiger partial charge on any atom is -0.368 e. The van der Waals surface area contributed by atoms with Crippen LogP contribution in [0.5, 0.6) is 0 Å². The molecule has 1 aromatic rings. The molecular formula is C16H25FN2. The molecule has 3 heteroatoms. The van der Waals surface area contributed by atoms with Gasteiger partial charge in [0, 0.05) is 30.9 Å². The summed E-state index contributed by atoms with van der Waals surface area (Å²) in [6.45, 7) is 8.29. The lowest BCUT2D eigenvalue weighted by molar-refractivity contribution is 0.577. The maximum atomic E-state index is 13.5. The molecule has 2 rings (SSSR count). The highest BCUT2D eigenvalue weighted by Gasteiger charge is 2.24. The van der Waals surface area contributed by atoms with Gasteiger partial charge in [-0.3, -0.25) is 0 Å². The second-order valence-electron chi connectivity index (χ2n) is 5.71. The summed E-state index contributed by atoms with van der Waals surface area (Å²) in [4.78, 5) is 2.46. The Hall–Kier alpha value is -1.09. The molecule has 1 aliphatic heterocycles. The van der Waals surface area contributed by atoms with E-state index in [4.69, 9.17) is 0 Å². The van der Waals surface area contributed by atoms with Crippen LogP contribution in [0.3, 0.4) is 0 Å². The van der Waals surface area contributed by atoms with Crippen molar-refractivity contribution in [2.24, 2.45) is 0 Å². The molecule has 1 N–H and O–H groups in total. The van der Waals surface area contributed by atoms with Crippen LogP contribution in [0.15, 0.2) is 18.2 Å². The van der Waals surface area contributed by atoms with E-state index in [0.717, 1.165) is 25.1 Å². The summed E-state index contributed by atoms with van der Waals surface area (Å²) in [5.41, 5.74) is 2.29. The molecule has 19 heavy (non-hydrogen) atoms. The number of nitrogens with one attached hydrogen (secondary N) is 1. The van der Waals surface area contributed by atoms with Crippen molar-refractivity contribution >= 4 is 5.69 Å². The van der Waals surface area contributed by atoms with Crippen molar-refractivity contribution in [3.8, 4) is 0 Å². The van der Waals surface area contributed by atoms with Crippen molar-refractivity contribution < 1.29 is 4.39 Å². The van der Waals surface area contributed by atoms with Crippen LogP contribution >= 0.6 is 0 Å². The standard InChI is InChI=1S/C16H25FN2/c1-4-15-6-5-9-19(15)16-8-7-14(17)10-13(16)11-18-12(2)3/h7-8,10,12,15,18H,4-6,9,11H2,1-3H3. The molecule has 0 aliphatic carbocycles. The van der Waals surface area contributed by atoms with Crippen LogP contribution in [0.1, 0.15) is 45.6 Å². The zero-order valence-electron chi connectivity index (χ0n) is 12.2. The molecule has 0 aromatic heterocycles. The molecule has 1 heterocycles.